The van der Waals surface area contributed by atoms with Crippen molar-refractivity contribution in [1.29, 1.82) is 0 Å². The van der Waals surface area contributed by atoms with Gasteiger partial charge in [0, 0.05) is 6.07 Å². The lowest BCUT2D eigenvalue weighted by atomic mass is 9.98. The molecule has 0 amide bonds. The zero-order valence-corrected chi connectivity index (χ0v) is 11.2. The number of carboxylic acid groups (broad SMARTS) is 1. The van der Waals surface area contributed by atoms with Gasteiger partial charge in [0.2, 0.25) is 0 Å². The second-order valence-corrected chi connectivity index (χ2v) is 3.83. The molecule has 0 aliphatic rings. The van der Waals surface area contributed by atoms with Crippen molar-refractivity contribution in [2.24, 2.45) is 5.92 Å². The standard InChI is InChI=1S/C13H16O6/c1-7(13(15)16)12(14)8-5-10(18-3)11(19-4)6-9(8)17-2/h5-7H,1-4H3,(H,15,16). The topological polar surface area (TPSA) is 82.1 Å². The number of aliphatic carboxylic acids is 1. The first-order chi connectivity index (χ1) is 8.96. The molecule has 1 N–H and O–H groups in total. The Morgan fingerprint density at radius 2 is 1.47 bits per heavy atom. The molecule has 0 radical (unpaired) electrons. The van der Waals surface area contributed by atoms with Gasteiger partial charge < -0.3 is 19.3 Å². The highest BCUT2D eigenvalue weighted by Crippen LogP contribution is 2.35. The zero-order valence-electron chi connectivity index (χ0n) is 11.2. The predicted molar refractivity (Wildman–Crippen MR) is 67.2 cm³/mol. The van der Waals surface area contributed by atoms with E-state index in [1.54, 1.807) is 0 Å². The van der Waals surface area contributed by atoms with Crippen LogP contribution in [0, 0.1) is 5.92 Å². The molecular weight excluding hydrogens is 252 g/mol. The molecule has 1 unspecified atom stereocenters. The van der Waals surface area contributed by atoms with E-state index in [0.717, 1.165) is 0 Å². The third-order valence-electron chi connectivity index (χ3n) is 2.73. The fraction of sp³-hybridized carbons (Fsp3) is 0.385. The lowest BCUT2D eigenvalue weighted by molar-refractivity contribution is -0.139. The molecule has 1 aromatic carbocycles. The monoisotopic (exact) mass is 268 g/mol. The second-order valence-electron chi connectivity index (χ2n) is 3.83. The molecule has 6 heteroatoms. The Bertz CT molecular complexity index is 494. The molecule has 0 spiro atoms. The number of carboxylic acids is 1. The minimum Gasteiger partial charge on any atom is -0.496 e. The number of hydrogen-bond acceptors (Lipinski definition) is 5. The van der Waals surface area contributed by atoms with Crippen LogP contribution in [0.5, 0.6) is 17.2 Å². The molecule has 0 heterocycles. The fourth-order valence-electron chi connectivity index (χ4n) is 1.57. The summed E-state index contributed by atoms with van der Waals surface area (Å²) in [5.41, 5.74) is 0.148. The van der Waals surface area contributed by atoms with Gasteiger partial charge in [-0.3, -0.25) is 9.59 Å². The van der Waals surface area contributed by atoms with E-state index in [4.69, 9.17) is 19.3 Å². The van der Waals surface area contributed by atoms with Gasteiger partial charge in [-0.15, -0.1) is 0 Å². The van der Waals surface area contributed by atoms with Crippen molar-refractivity contribution < 1.29 is 28.9 Å². The van der Waals surface area contributed by atoms with Gasteiger partial charge in [-0.25, -0.2) is 0 Å². The number of ketones is 1. The van der Waals surface area contributed by atoms with Gasteiger partial charge in [-0.05, 0) is 13.0 Å². The van der Waals surface area contributed by atoms with Gasteiger partial charge in [0.25, 0.3) is 0 Å². The van der Waals surface area contributed by atoms with Gasteiger partial charge in [-0.2, -0.15) is 0 Å². The summed E-state index contributed by atoms with van der Waals surface area (Å²) in [6.07, 6.45) is 0. The SMILES string of the molecule is COc1cc(OC)c(C(=O)C(C)C(=O)O)cc1OC. The molecule has 0 fully saturated rings. The van der Waals surface area contributed by atoms with Gasteiger partial charge in [0.05, 0.1) is 26.9 Å². The lowest BCUT2D eigenvalue weighted by Crippen LogP contribution is -2.21. The van der Waals surface area contributed by atoms with E-state index in [1.165, 1.54) is 40.4 Å². The number of Topliss-reactive ketones (excluding diaryl/α,β-unsaturated/α-hetero) is 1. The van der Waals surface area contributed by atoms with Crippen LogP contribution in [-0.2, 0) is 4.79 Å². The highest BCUT2D eigenvalue weighted by Gasteiger charge is 2.26. The third kappa shape index (κ3) is 2.96. The molecule has 0 aliphatic carbocycles. The molecule has 0 aromatic heterocycles. The average molecular weight is 268 g/mol. The largest absolute Gasteiger partial charge is 0.496 e. The summed E-state index contributed by atoms with van der Waals surface area (Å²) in [6, 6.07) is 2.90. The molecule has 104 valence electrons. The second kappa shape index (κ2) is 6.08. The van der Waals surface area contributed by atoms with E-state index in [-0.39, 0.29) is 11.3 Å². The van der Waals surface area contributed by atoms with E-state index in [1.807, 2.05) is 0 Å². The Hall–Kier alpha value is -2.24. The van der Waals surface area contributed by atoms with Crippen molar-refractivity contribution in [1.82, 2.24) is 0 Å². The smallest absolute Gasteiger partial charge is 0.314 e. The number of benzene rings is 1. The van der Waals surface area contributed by atoms with E-state index in [0.29, 0.717) is 11.5 Å². The number of methoxy groups -OCH3 is 3. The minimum absolute atomic E-state index is 0.148. The van der Waals surface area contributed by atoms with Crippen molar-refractivity contribution in [3.05, 3.63) is 17.7 Å². The molecule has 1 rings (SSSR count). The van der Waals surface area contributed by atoms with Crippen molar-refractivity contribution in [2.75, 3.05) is 21.3 Å². The zero-order chi connectivity index (χ0) is 14.6. The van der Waals surface area contributed by atoms with Crippen molar-refractivity contribution in [3.8, 4) is 17.2 Å². The molecule has 1 aromatic rings. The fourth-order valence-corrected chi connectivity index (χ4v) is 1.57. The van der Waals surface area contributed by atoms with Crippen LogP contribution in [0.3, 0.4) is 0 Å². The first-order valence-electron chi connectivity index (χ1n) is 5.53. The maximum Gasteiger partial charge on any atom is 0.314 e. The quantitative estimate of drug-likeness (QED) is 0.623. The molecule has 0 saturated heterocycles. The summed E-state index contributed by atoms with van der Waals surface area (Å²) in [4.78, 5) is 23.0. The van der Waals surface area contributed by atoms with E-state index >= 15 is 0 Å². The summed E-state index contributed by atoms with van der Waals surface area (Å²) in [5, 5.41) is 8.89. The summed E-state index contributed by atoms with van der Waals surface area (Å²) >= 11 is 0. The van der Waals surface area contributed by atoms with Crippen LogP contribution in [0.4, 0.5) is 0 Å². The highest BCUT2D eigenvalue weighted by atomic mass is 16.5. The maximum atomic E-state index is 12.1. The summed E-state index contributed by atoms with van der Waals surface area (Å²) < 4.78 is 15.3. The Kier molecular flexibility index (Phi) is 4.74. The highest BCUT2D eigenvalue weighted by molar-refractivity contribution is 6.09. The normalized spacial score (nSPS) is 11.6. The maximum absolute atomic E-state index is 12.1. The van der Waals surface area contributed by atoms with E-state index in [2.05, 4.69) is 0 Å². The van der Waals surface area contributed by atoms with Crippen LogP contribution in [0.15, 0.2) is 12.1 Å². The van der Waals surface area contributed by atoms with Crippen LogP contribution < -0.4 is 14.2 Å². The van der Waals surface area contributed by atoms with Crippen LogP contribution in [-0.4, -0.2) is 38.2 Å². The first-order valence-corrected chi connectivity index (χ1v) is 5.53. The lowest BCUT2D eigenvalue weighted by Gasteiger charge is -2.14. The predicted octanol–water partition coefficient (Wildman–Crippen LogP) is 1.62. The summed E-state index contributed by atoms with van der Waals surface area (Å²) in [6.45, 7) is 1.32. The van der Waals surface area contributed by atoms with Crippen LogP contribution in [0.1, 0.15) is 17.3 Å². The number of carbonyl (C=O) groups excluding carboxylic acids is 1. The molecule has 0 aliphatic heterocycles. The first kappa shape index (κ1) is 14.8. The Morgan fingerprint density at radius 1 is 1.00 bits per heavy atom. The van der Waals surface area contributed by atoms with E-state index < -0.39 is 17.7 Å². The molecular formula is C13H16O6. The average Bonchev–Trinajstić information content (AvgIpc) is 2.43. The van der Waals surface area contributed by atoms with Crippen LogP contribution in [0.25, 0.3) is 0 Å². The van der Waals surface area contributed by atoms with Crippen molar-refractivity contribution in [3.63, 3.8) is 0 Å². The Labute approximate surface area is 110 Å². The van der Waals surface area contributed by atoms with Gasteiger partial charge in [0.1, 0.15) is 11.7 Å². The molecule has 6 nitrogen and oxygen atoms in total. The number of hydrogen-bond donors (Lipinski definition) is 1. The molecule has 19 heavy (non-hydrogen) atoms. The van der Waals surface area contributed by atoms with Crippen LogP contribution >= 0.6 is 0 Å². The minimum atomic E-state index is -1.19. The van der Waals surface area contributed by atoms with Crippen LogP contribution in [0.2, 0.25) is 0 Å². The number of ether oxygens (including phenoxy) is 3. The Balaban J connectivity index is 3.33. The van der Waals surface area contributed by atoms with E-state index in [9.17, 15) is 9.59 Å². The third-order valence-corrected chi connectivity index (χ3v) is 2.73. The van der Waals surface area contributed by atoms with Gasteiger partial charge >= 0.3 is 5.97 Å². The molecule has 1 atom stereocenters. The summed E-state index contributed by atoms with van der Waals surface area (Å²) in [5.74, 6) is -1.92. The van der Waals surface area contributed by atoms with Gasteiger partial charge in [-0.1, -0.05) is 0 Å². The molecule has 0 saturated carbocycles. The van der Waals surface area contributed by atoms with Crippen molar-refractivity contribution >= 4 is 11.8 Å². The van der Waals surface area contributed by atoms with Gasteiger partial charge in [0.15, 0.2) is 17.3 Å². The van der Waals surface area contributed by atoms with Crippen molar-refractivity contribution in [2.45, 2.75) is 6.92 Å². The Morgan fingerprint density at radius 3 is 1.89 bits per heavy atom. The number of carbonyl (C=O) groups is 2. The summed E-state index contributed by atoms with van der Waals surface area (Å²) in [7, 11) is 4.28. The molecule has 0 bridgehead atoms. The number of rotatable bonds is 6.